The monoisotopic (exact) mass is 438 g/mol. The first-order valence-electron chi connectivity index (χ1n) is 10.1. The van der Waals surface area contributed by atoms with Crippen LogP contribution >= 0.6 is 0 Å². The van der Waals surface area contributed by atoms with E-state index in [0.717, 1.165) is 0 Å². The van der Waals surface area contributed by atoms with E-state index in [4.69, 9.17) is 5.73 Å². The van der Waals surface area contributed by atoms with Gasteiger partial charge in [-0.25, -0.2) is 9.78 Å². The normalized spacial score (nSPS) is 19.0. The number of carbonyl (C=O) groups is 4. The average molecular weight is 438 g/mol. The number of likely N-dealkylation sites (tertiary alicyclic amines) is 1. The van der Waals surface area contributed by atoms with Gasteiger partial charge in [-0.2, -0.15) is 0 Å². The molecule has 1 saturated heterocycles. The minimum Gasteiger partial charge on any atom is -0.480 e. The quantitative estimate of drug-likeness (QED) is 0.241. The minimum absolute atomic E-state index is 0.165. The number of H-pyrrole nitrogens is 1. The third-order valence-electron chi connectivity index (χ3n) is 5.20. The number of nitrogens with zero attached hydrogens (tertiary/aromatic N) is 2. The number of rotatable bonds is 10. The summed E-state index contributed by atoms with van der Waals surface area (Å²) < 4.78 is 0. The average Bonchev–Trinajstić information content (AvgIpc) is 3.40. The van der Waals surface area contributed by atoms with Crippen LogP contribution in [0.1, 0.15) is 32.4 Å². The first-order chi connectivity index (χ1) is 14.6. The van der Waals surface area contributed by atoms with Gasteiger partial charge in [0.25, 0.3) is 0 Å². The summed E-state index contributed by atoms with van der Waals surface area (Å²) in [4.78, 5) is 57.2. The van der Waals surface area contributed by atoms with E-state index in [0.29, 0.717) is 18.5 Å². The van der Waals surface area contributed by atoms with Gasteiger partial charge in [0.2, 0.25) is 17.7 Å². The van der Waals surface area contributed by atoms with Crippen LogP contribution in [0.2, 0.25) is 0 Å². The number of hydrogen-bond donors (Lipinski definition) is 6. The number of imidazole rings is 1. The minimum atomic E-state index is -1.27. The SMILES string of the molecule is CC(C)C(NC(=O)C1CCCN1C(=O)C(CO)NC(=O)C(N)Cc1cnc[nH]1)C(=O)O. The van der Waals surface area contributed by atoms with Crippen LogP contribution in [0.3, 0.4) is 0 Å². The maximum Gasteiger partial charge on any atom is 0.326 e. The van der Waals surface area contributed by atoms with E-state index in [2.05, 4.69) is 20.6 Å². The van der Waals surface area contributed by atoms with Crippen LogP contribution < -0.4 is 16.4 Å². The summed E-state index contributed by atoms with van der Waals surface area (Å²) in [6.07, 6.45) is 4.03. The number of aromatic amines is 1. The van der Waals surface area contributed by atoms with Crippen molar-refractivity contribution < 1.29 is 29.4 Å². The summed E-state index contributed by atoms with van der Waals surface area (Å²) in [5.74, 6) is -3.34. The number of carboxylic acids is 1. The molecule has 4 unspecified atom stereocenters. The van der Waals surface area contributed by atoms with Gasteiger partial charge in [0, 0.05) is 24.9 Å². The zero-order valence-electron chi connectivity index (χ0n) is 17.6. The number of nitrogens with one attached hydrogen (secondary N) is 3. The zero-order valence-corrected chi connectivity index (χ0v) is 17.6. The first-order valence-corrected chi connectivity index (χ1v) is 10.1. The highest BCUT2D eigenvalue weighted by atomic mass is 16.4. The third-order valence-corrected chi connectivity index (χ3v) is 5.20. The summed E-state index contributed by atoms with van der Waals surface area (Å²) >= 11 is 0. The molecular weight excluding hydrogens is 408 g/mol. The summed E-state index contributed by atoms with van der Waals surface area (Å²) in [6.45, 7) is 2.92. The largest absolute Gasteiger partial charge is 0.480 e. The lowest BCUT2D eigenvalue weighted by Crippen LogP contribution is -2.58. The van der Waals surface area contributed by atoms with E-state index < -0.39 is 54.5 Å². The van der Waals surface area contributed by atoms with Gasteiger partial charge < -0.3 is 36.5 Å². The molecule has 3 amide bonds. The van der Waals surface area contributed by atoms with Crippen LogP contribution in [0, 0.1) is 5.92 Å². The molecule has 4 atom stereocenters. The molecule has 0 saturated carbocycles. The highest BCUT2D eigenvalue weighted by Crippen LogP contribution is 2.19. The van der Waals surface area contributed by atoms with Gasteiger partial charge in [-0.3, -0.25) is 14.4 Å². The van der Waals surface area contributed by atoms with Crippen LogP contribution in [-0.4, -0.2) is 86.1 Å². The summed E-state index contributed by atoms with van der Waals surface area (Å²) in [7, 11) is 0. The van der Waals surface area contributed by atoms with E-state index in [1.807, 2.05) is 0 Å². The lowest BCUT2D eigenvalue weighted by Gasteiger charge is -2.29. The Morgan fingerprint density at radius 3 is 2.58 bits per heavy atom. The molecule has 1 aromatic heterocycles. The number of hydrogen-bond acceptors (Lipinski definition) is 7. The van der Waals surface area contributed by atoms with Crippen molar-refractivity contribution in [3.63, 3.8) is 0 Å². The number of aliphatic hydroxyl groups excluding tert-OH is 1. The molecule has 172 valence electrons. The van der Waals surface area contributed by atoms with Crippen molar-refractivity contribution in [2.75, 3.05) is 13.2 Å². The number of aromatic nitrogens is 2. The number of carboxylic acid groups (broad SMARTS) is 1. The summed E-state index contributed by atoms with van der Waals surface area (Å²) in [5, 5.41) is 23.8. The number of aliphatic hydroxyl groups is 1. The van der Waals surface area contributed by atoms with Gasteiger partial charge >= 0.3 is 5.97 Å². The van der Waals surface area contributed by atoms with Crippen LogP contribution in [0.4, 0.5) is 0 Å². The molecule has 31 heavy (non-hydrogen) atoms. The highest BCUT2D eigenvalue weighted by molar-refractivity contribution is 5.94. The van der Waals surface area contributed by atoms with Gasteiger partial charge in [0.1, 0.15) is 18.1 Å². The third kappa shape index (κ3) is 6.25. The van der Waals surface area contributed by atoms with E-state index in [-0.39, 0.29) is 18.9 Å². The standard InChI is InChI=1S/C19H30N6O6/c1-10(2)15(19(30)31)24-17(28)14-4-3-5-25(14)18(29)13(8-26)23-16(27)12(20)6-11-7-21-9-22-11/h7,9-10,12-15,26H,3-6,8,20H2,1-2H3,(H,21,22)(H,23,27)(H,24,28)(H,30,31). The molecule has 2 rings (SSSR count). The predicted octanol–water partition coefficient (Wildman–Crippen LogP) is -2.03. The topological polar surface area (TPSA) is 191 Å². The fourth-order valence-corrected chi connectivity index (χ4v) is 3.46. The van der Waals surface area contributed by atoms with Crippen molar-refractivity contribution in [3.8, 4) is 0 Å². The molecule has 1 aliphatic heterocycles. The molecule has 0 bridgehead atoms. The predicted molar refractivity (Wildman–Crippen MR) is 108 cm³/mol. The molecule has 0 aromatic carbocycles. The summed E-state index contributed by atoms with van der Waals surface area (Å²) in [5.41, 5.74) is 6.51. The fourth-order valence-electron chi connectivity index (χ4n) is 3.46. The molecule has 1 aliphatic rings. The van der Waals surface area contributed by atoms with Gasteiger partial charge in [0.05, 0.1) is 19.0 Å². The van der Waals surface area contributed by atoms with E-state index in [9.17, 15) is 29.4 Å². The molecule has 1 aromatic rings. The molecule has 0 radical (unpaired) electrons. The number of carbonyl (C=O) groups excluding carboxylic acids is 3. The Kier molecular flexibility index (Phi) is 8.51. The molecule has 2 heterocycles. The van der Waals surface area contributed by atoms with Crippen molar-refractivity contribution in [1.82, 2.24) is 25.5 Å². The first kappa shape index (κ1) is 24.3. The number of amides is 3. The number of aliphatic carboxylic acids is 1. The lowest BCUT2D eigenvalue weighted by atomic mass is 10.0. The Bertz CT molecular complexity index is 783. The van der Waals surface area contributed by atoms with Crippen molar-refractivity contribution in [3.05, 3.63) is 18.2 Å². The highest BCUT2D eigenvalue weighted by Gasteiger charge is 2.39. The van der Waals surface area contributed by atoms with Crippen LogP contribution in [0.25, 0.3) is 0 Å². The van der Waals surface area contributed by atoms with E-state index in [1.54, 1.807) is 13.8 Å². The fraction of sp³-hybridized carbons (Fsp3) is 0.632. The van der Waals surface area contributed by atoms with E-state index >= 15 is 0 Å². The van der Waals surface area contributed by atoms with Gasteiger partial charge in [0.15, 0.2) is 0 Å². The van der Waals surface area contributed by atoms with Crippen LogP contribution in [-0.2, 0) is 25.6 Å². The second kappa shape index (κ2) is 10.9. The maximum absolute atomic E-state index is 12.9. The Morgan fingerprint density at radius 2 is 2.03 bits per heavy atom. The second-order valence-corrected chi connectivity index (χ2v) is 7.89. The van der Waals surface area contributed by atoms with Crippen molar-refractivity contribution in [2.45, 2.75) is 57.3 Å². The van der Waals surface area contributed by atoms with Crippen molar-refractivity contribution in [2.24, 2.45) is 11.7 Å². The molecule has 1 fully saturated rings. The molecule has 12 nitrogen and oxygen atoms in total. The van der Waals surface area contributed by atoms with Gasteiger partial charge in [-0.15, -0.1) is 0 Å². The number of nitrogens with two attached hydrogens (primary N) is 1. The maximum atomic E-state index is 12.9. The van der Waals surface area contributed by atoms with Crippen molar-refractivity contribution >= 4 is 23.7 Å². The van der Waals surface area contributed by atoms with Crippen molar-refractivity contribution in [1.29, 1.82) is 0 Å². The molecule has 7 N–H and O–H groups in total. The van der Waals surface area contributed by atoms with Crippen LogP contribution in [0.5, 0.6) is 0 Å². The molecular formula is C19H30N6O6. The Morgan fingerprint density at radius 1 is 1.32 bits per heavy atom. The zero-order chi connectivity index (χ0) is 23.1. The van der Waals surface area contributed by atoms with Crippen LogP contribution in [0.15, 0.2) is 12.5 Å². The Labute approximate surface area is 179 Å². The van der Waals surface area contributed by atoms with Gasteiger partial charge in [-0.05, 0) is 18.8 Å². The molecule has 0 aliphatic carbocycles. The Hall–Kier alpha value is -2.99. The van der Waals surface area contributed by atoms with Gasteiger partial charge in [-0.1, -0.05) is 13.8 Å². The second-order valence-electron chi connectivity index (χ2n) is 7.89. The smallest absolute Gasteiger partial charge is 0.326 e. The molecule has 12 heteroatoms. The molecule has 0 spiro atoms. The summed E-state index contributed by atoms with van der Waals surface area (Å²) in [6, 6.07) is -4.20. The lowest BCUT2D eigenvalue weighted by molar-refractivity contribution is -0.146. The van der Waals surface area contributed by atoms with E-state index in [1.165, 1.54) is 17.4 Å². The Balaban J connectivity index is 2.01.